The van der Waals surface area contributed by atoms with E-state index in [1.807, 2.05) is 68.4 Å². The van der Waals surface area contributed by atoms with Gasteiger partial charge in [-0.3, -0.25) is 14.4 Å². The Labute approximate surface area is 177 Å². The fourth-order valence-electron chi connectivity index (χ4n) is 3.55. The van der Waals surface area contributed by atoms with Crippen molar-refractivity contribution in [1.82, 2.24) is 10.6 Å². The third kappa shape index (κ3) is 5.69. The van der Waals surface area contributed by atoms with Crippen LogP contribution in [0.1, 0.15) is 37.8 Å². The molecule has 0 aliphatic carbocycles. The fraction of sp³-hybridized carbons (Fsp3) is 0.375. The van der Waals surface area contributed by atoms with E-state index >= 15 is 0 Å². The number of hydrogen-bond acceptors (Lipinski definition) is 3. The van der Waals surface area contributed by atoms with Gasteiger partial charge in [0.2, 0.25) is 17.7 Å². The zero-order chi connectivity index (χ0) is 21.5. The number of rotatable bonds is 8. The number of nitrogens with one attached hydrogen (secondary N) is 2. The van der Waals surface area contributed by atoms with Crippen LogP contribution >= 0.6 is 0 Å². The van der Waals surface area contributed by atoms with E-state index in [1.54, 1.807) is 4.90 Å². The third-order valence-electron chi connectivity index (χ3n) is 5.26. The molecule has 0 saturated carbocycles. The Morgan fingerprint density at radius 1 is 1.00 bits per heavy atom. The van der Waals surface area contributed by atoms with Crippen molar-refractivity contribution >= 4 is 23.4 Å². The molecular formula is C24H29N3O3. The van der Waals surface area contributed by atoms with Crippen LogP contribution < -0.4 is 15.5 Å². The minimum atomic E-state index is -0.595. The van der Waals surface area contributed by atoms with Crippen LogP contribution in [0.15, 0.2) is 54.6 Å². The lowest BCUT2D eigenvalue weighted by molar-refractivity contribution is -0.129. The van der Waals surface area contributed by atoms with Crippen molar-refractivity contribution in [2.24, 2.45) is 5.92 Å². The van der Waals surface area contributed by atoms with Crippen LogP contribution in [0.5, 0.6) is 0 Å². The molecule has 158 valence electrons. The SMILES string of the molecule is CC(C)[C@H](NC(=O)Cc1ccccc1)C(=O)NCc1ccc(N2CCCC2=O)cc1. The van der Waals surface area contributed by atoms with Gasteiger partial charge in [0.05, 0.1) is 6.42 Å². The summed E-state index contributed by atoms with van der Waals surface area (Å²) in [5.41, 5.74) is 2.74. The van der Waals surface area contributed by atoms with Gasteiger partial charge in [-0.05, 0) is 35.6 Å². The van der Waals surface area contributed by atoms with Crippen molar-refractivity contribution in [2.75, 3.05) is 11.4 Å². The topological polar surface area (TPSA) is 78.5 Å². The molecule has 1 atom stereocenters. The maximum atomic E-state index is 12.7. The molecule has 6 nitrogen and oxygen atoms in total. The fourth-order valence-corrected chi connectivity index (χ4v) is 3.55. The Morgan fingerprint density at radius 3 is 2.30 bits per heavy atom. The molecule has 1 fully saturated rings. The van der Waals surface area contributed by atoms with Crippen molar-refractivity contribution in [2.45, 2.75) is 45.7 Å². The Balaban J connectivity index is 1.53. The molecule has 1 saturated heterocycles. The Kier molecular flexibility index (Phi) is 7.22. The minimum absolute atomic E-state index is 0.0340. The molecule has 0 bridgehead atoms. The zero-order valence-corrected chi connectivity index (χ0v) is 17.6. The smallest absolute Gasteiger partial charge is 0.243 e. The predicted molar refractivity (Wildman–Crippen MR) is 117 cm³/mol. The second-order valence-corrected chi connectivity index (χ2v) is 7.98. The molecule has 6 heteroatoms. The molecule has 2 N–H and O–H groups in total. The second-order valence-electron chi connectivity index (χ2n) is 7.98. The summed E-state index contributed by atoms with van der Waals surface area (Å²) >= 11 is 0. The molecule has 3 rings (SSSR count). The van der Waals surface area contributed by atoms with Crippen molar-refractivity contribution in [3.05, 3.63) is 65.7 Å². The van der Waals surface area contributed by atoms with Gasteiger partial charge in [0.15, 0.2) is 0 Å². The molecule has 1 aliphatic heterocycles. The van der Waals surface area contributed by atoms with Gasteiger partial charge in [0.1, 0.15) is 6.04 Å². The number of benzene rings is 2. The predicted octanol–water partition coefficient (Wildman–Crippen LogP) is 2.81. The van der Waals surface area contributed by atoms with Crippen LogP contribution in [-0.2, 0) is 27.3 Å². The summed E-state index contributed by atoms with van der Waals surface area (Å²) in [4.78, 5) is 38.7. The first-order valence-electron chi connectivity index (χ1n) is 10.4. The Morgan fingerprint density at radius 2 is 1.70 bits per heavy atom. The van der Waals surface area contributed by atoms with Crippen molar-refractivity contribution < 1.29 is 14.4 Å². The number of anilines is 1. The first kappa shape index (κ1) is 21.6. The van der Waals surface area contributed by atoms with Crippen LogP contribution in [0.25, 0.3) is 0 Å². The number of amides is 3. The molecule has 1 heterocycles. The number of carbonyl (C=O) groups is 3. The van der Waals surface area contributed by atoms with Crippen molar-refractivity contribution in [3.63, 3.8) is 0 Å². The highest BCUT2D eigenvalue weighted by Crippen LogP contribution is 2.21. The van der Waals surface area contributed by atoms with E-state index in [4.69, 9.17) is 0 Å². The van der Waals surface area contributed by atoms with Gasteiger partial charge < -0.3 is 15.5 Å². The second kappa shape index (κ2) is 10.1. The number of hydrogen-bond donors (Lipinski definition) is 2. The van der Waals surface area contributed by atoms with Crippen LogP contribution in [0.3, 0.4) is 0 Å². The van der Waals surface area contributed by atoms with Gasteiger partial charge in [-0.15, -0.1) is 0 Å². The highest BCUT2D eigenvalue weighted by Gasteiger charge is 2.24. The number of carbonyl (C=O) groups excluding carboxylic acids is 3. The molecule has 2 aromatic carbocycles. The summed E-state index contributed by atoms with van der Waals surface area (Å²) in [7, 11) is 0. The maximum absolute atomic E-state index is 12.7. The van der Waals surface area contributed by atoms with E-state index in [1.165, 1.54) is 0 Å². The molecule has 3 amide bonds. The molecule has 0 radical (unpaired) electrons. The van der Waals surface area contributed by atoms with Gasteiger partial charge in [-0.25, -0.2) is 0 Å². The van der Waals surface area contributed by atoms with E-state index in [0.29, 0.717) is 13.0 Å². The molecule has 1 aliphatic rings. The van der Waals surface area contributed by atoms with Gasteiger partial charge in [0, 0.05) is 25.2 Å². The molecule has 2 aromatic rings. The van der Waals surface area contributed by atoms with Crippen LogP contribution in [0, 0.1) is 5.92 Å². The van der Waals surface area contributed by atoms with Gasteiger partial charge >= 0.3 is 0 Å². The Hall–Kier alpha value is -3.15. The van der Waals surface area contributed by atoms with Crippen LogP contribution in [-0.4, -0.2) is 30.3 Å². The quantitative estimate of drug-likeness (QED) is 0.706. The maximum Gasteiger partial charge on any atom is 0.243 e. The summed E-state index contributed by atoms with van der Waals surface area (Å²) in [6.45, 7) is 4.95. The molecular weight excluding hydrogens is 378 g/mol. The summed E-state index contributed by atoms with van der Waals surface area (Å²) in [6.07, 6.45) is 1.74. The largest absolute Gasteiger partial charge is 0.350 e. The van der Waals surface area contributed by atoms with E-state index in [2.05, 4.69) is 10.6 Å². The molecule has 0 unspecified atom stereocenters. The molecule has 0 aromatic heterocycles. The number of nitrogens with zero attached hydrogens (tertiary/aromatic N) is 1. The van der Waals surface area contributed by atoms with Gasteiger partial charge in [-0.1, -0.05) is 56.3 Å². The minimum Gasteiger partial charge on any atom is -0.350 e. The zero-order valence-electron chi connectivity index (χ0n) is 17.6. The van der Waals surface area contributed by atoms with E-state index in [-0.39, 0.29) is 30.1 Å². The first-order chi connectivity index (χ1) is 14.4. The van der Waals surface area contributed by atoms with Crippen molar-refractivity contribution in [1.29, 1.82) is 0 Å². The molecule has 30 heavy (non-hydrogen) atoms. The first-order valence-corrected chi connectivity index (χ1v) is 10.4. The summed E-state index contributed by atoms with van der Waals surface area (Å²) in [5, 5.41) is 5.77. The monoisotopic (exact) mass is 407 g/mol. The summed E-state index contributed by atoms with van der Waals surface area (Å²) in [6, 6.07) is 16.5. The van der Waals surface area contributed by atoms with Crippen molar-refractivity contribution in [3.8, 4) is 0 Å². The van der Waals surface area contributed by atoms with Crippen LogP contribution in [0.4, 0.5) is 5.69 Å². The lowest BCUT2D eigenvalue weighted by Gasteiger charge is -2.22. The average Bonchev–Trinajstić information content (AvgIpc) is 3.17. The lowest BCUT2D eigenvalue weighted by atomic mass is 10.0. The van der Waals surface area contributed by atoms with Gasteiger partial charge in [-0.2, -0.15) is 0 Å². The Bertz CT molecular complexity index is 878. The summed E-state index contributed by atoms with van der Waals surface area (Å²) in [5.74, 6) is -0.254. The summed E-state index contributed by atoms with van der Waals surface area (Å²) < 4.78 is 0. The highest BCUT2D eigenvalue weighted by atomic mass is 16.2. The van der Waals surface area contributed by atoms with E-state index in [0.717, 1.165) is 29.8 Å². The van der Waals surface area contributed by atoms with E-state index < -0.39 is 6.04 Å². The van der Waals surface area contributed by atoms with E-state index in [9.17, 15) is 14.4 Å². The van der Waals surface area contributed by atoms with Crippen LogP contribution in [0.2, 0.25) is 0 Å². The molecule has 0 spiro atoms. The lowest BCUT2D eigenvalue weighted by Crippen LogP contribution is -2.49. The standard InChI is InChI=1S/C24H29N3O3/c1-17(2)23(26-21(28)15-18-7-4-3-5-8-18)24(30)25-16-19-10-12-20(13-11-19)27-14-6-9-22(27)29/h3-5,7-8,10-13,17,23H,6,9,14-16H2,1-2H3,(H,25,30)(H,26,28)/t23-/m0/s1. The average molecular weight is 408 g/mol. The normalized spacial score (nSPS) is 14.6. The van der Waals surface area contributed by atoms with Gasteiger partial charge in [0.25, 0.3) is 0 Å². The third-order valence-corrected chi connectivity index (χ3v) is 5.26. The highest BCUT2D eigenvalue weighted by molar-refractivity contribution is 5.95.